The van der Waals surface area contributed by atoms with Gasteiger partial charge < -0.3 is 14.4 Å². The van der Waals surface area contributed by atoms with E-state index in [1.54, 1.807) is 11.0 Å². The van der Waals surface area contributed by atoms with Crippen LogP contribution in [0, 0.1) is 0 Å². The summed E-state index contributed by atoms with van der Waals surface area (Å²) in [7, 11) is 1.38. The predicted octanol–water partition coefficient (Wildman–Crippen LogP) is 1.87. The van der Waals surface area contributed by atoms with Crippen LogP contribution in [0.3, 0.4) is 0 Å². The Hall–Kier alpha value is -1.52. The van der Waals surface area contributed by atoms with Crippen molar-refractivity contribution >= 4 is 12.1 Å². The van der Waals surface area contributed by atoms with Crippen molar-refractivity contribution in [2.24, 2.45) is 0 Å². The van der Waals surface area contributed by atoms with Gasteiger partial charge in [-0.05, 0) is 25.8 Å². The van der Waals surface area contributed by atoms with Crippen LogP contribution in [0.2, 0.25) is 0 Å². The molecule has 2 atom stereocenters. The van der Waals surface area contributed by atoms with Crippen LogP contribution >= 0.6 is 0 Å². The van der Waals surface area contributed by atoms with Gasteiger partial charge in [-0.15, -0.1) is 0 Å². The van der Waals surface area contributed by atoms with Crippen molar-refractivity contribution in [1.82, 2.24) is 4.90 Å². The summed E-state index contributed by atoms with van der Waals surface area (Å²) in [5, 5.41) is 0. The lowest BCUT2D eigenvalue weighted by molar-refractivity contribution is -0.149. The number of rotatable bonds is 1. The lowest BCUT2D eigenvalue weighted by atomic mass is 9.92. The van der Waals surface area contributed by atoms with Crippen LogP contribution in [0.5, 0.6) is 0 Å². The topological polar surface area (TPSA) is 55.8 Å². The summed E-state index contributed by atoms with van der Waals surface area (Å²) in [5.41, 5.74) is -0.727. The van der Waals surface area contributed by atoms with Crippen molar-refractivity contribution in [3.63, 3.8) is 0 Å². The molecule has 0 aliphatic carbocycles. The number of likely N-dealkylation sites (tertiary alicyclic amines) is 1. The molecule has 0 radical (unpaired) electrons. The van der Waals surface area contributed by atoms with E-state index in [0.29, 0.717) is 6.54 Å². The van der Waals surface area contributed by atoms with Crippen LogP contribution in [-0.4, -0.2) is 42.3 Å². The number of carbonyl (C=O) groups excluding carboxylic acids is 2. The predicted molar refractivity (Wildman–Crippen MR) is 65.0 cm³/mol. The molecule has 5 nitrogen and oxygen atoms in total. The van der Waals surface area contributed by atoms with E-state index in [0.717, 1.165) is 25.7 Å². The second-order valence-corrected chi connectivity index (χ2v) is 4.97. The third kappa shape index (κ3) is 2.35. The largest absolute Gasteiger partial charge is 0.453 e. The molecule has 1 fully saturated rings. The summed E-state index contributed by atoms with van der Waals surface area (Å²) in [5.74, 6) is -0.341. The molecule has 0 saturated carbocycles. The van der Waals surface area contributed by atoms with Crippen molar-refractivity contribution in [3.05, 3.63) is 12.2 Å². The first-order valence-electron chi connectivity index (χ1n) is 6.33. The minimum Gasteiger partial charge on any atom is -0.453 e. The van der Waals surface area contributed by atoms with Gasteiger partial charge in [0.25, 0.3) is 0 Å². The summed E-state index contributed by atoms with van der Waals surface area (Å²) >= 11 is 0. The highest BCUT2D eigenvalue weighted by atomic mass is 16.6. The fraction of sp³-hybridized carbons (Fsp3) is 0.692. The molecule has 0 unspecified atom stereocenters. The molecule has 2 aliphatic rings. The standard InChI is InChI=1S/C13H19NO4/c1-13(8-7-11(15)18-13)10-6-4-3-5-9-14(10)12(16)17-2/h7-8,10H,3-6,9H2,1-2H3/t10-,13-/m1/s1. The van der Waals surface area contributed by atoms with Gasteiger partial charge >= 0.3 is 12.1 Å². The lowest BCUT2D eigenvalue weighted by Gasteiger charge is -2.38. The Bertz CT molecular complexity index is 379. The zero-order valence-corrected chi connectivity index (χ0v) is 10.8. The van der Waals surface area contributed by atoms with Gasteiger partial charge in [-0.3, -0.25) is 0 Å². The van der Waals surface area contributed by atoms with Crippen molar-refractivity contribution in [1.29, 1.82) is 0 Å². The fourth-order valence-electron chi connectivity index (χ4n) is 2.74. The Morgan fingerprint density at radius 3 is 2.89 bits per heavy atom. The van der Waals surface area contributed by atoms with Gasteiger partial charge in [0.2, 0.25) is 0 Å². The maximum Gasteiger partial charge on any atom is 0.409 e. The smallest absolute Gasteiger partial charge is 0.409 e. The van der Waals surface area contributed by atoms with E-state index in [9.17, 15) is 9.59 Å². The number of esters is 1. The minimum absolute atomic E-state index is 0.143. The summed E-state index contributed by atoms with van der Waals surface area (Å²) in [6, 6.07) is -0.143. The molecule has 2 aliphatic heterocycles. The molecule has 5 heteroatoms. The first-order valence-corrected chi connectivity index (χ1v) is 6.33. The Morgan fingerprint density at radius 2 is 2.28 bits per heavy atom. The molecule has 0 aromatic heterocycles. The van der Waals surface area contributed by atoms with E-state index in [4.69, 9.17) is 9.47 Å². The SMILES string of the molecule is COC(=O)N1CCCCC[C@@H]1[C@@]1(C)C=CC(=O)O1. The van der Waals surface area contributed by atoms with Gasteiger partial charge in [0.05, 0.1) is 13.2 Å². The second-order valence-electron chi connectivity index (χ2n) is 4.97. The zero-order valence-electron chi connectivity index (χ0n) is 10.8. The molecule has 0 spiro atoms. The summed E-state index contributed by atoms with van der Waals surface area (Å²) in [4.78, 5) is 24.8. The Labute approximate surface area is 107 Å². The Morgan fingerprint density at radius 1 is 1.50 bits per heavy atom. The minimum atomic E-state index is -0.727. The number of nitrogens with zero attached hydrogens (tertiary/aromatic N) is 1. The monoisotopic (exact) mass is 253 g/mol. The quantitative estimate of drug-likeness (QED) is 0.669. The van der Waals surface area contributed by atoms with Crippen LogP contribution < -0.4 is 0 Å². The number of methoxy groups -OCH3 is 1. The third-order valence-electron chi connectivity index (χ3n) is 3.69. The number of ether oxygens (including phenoxy) is 2. The van der Waals surface area contributed by atoms with Crippen LogP contribution in [0.4, 0.5) is 4.79 Å². The maximum atomic E-state index is 11.8. The number of hydrogen-bond acceptors (Lipinski definition) is 4. The molecule has 2 heterocycles. The first kappa shape index (κ1) is 12.9. The van der Waals surface area contributed by atoms with E-state index < -0.39 is 5.60 Å². The maximum absolute atomic E-state index is 11.8. The van der Waals surface area contributed by atoms with E-state index in [2.05, 4.69) is 0 Å². The second kappa shape index (κ2) is 5.00. The van der Waals surface area contributed by atoms with E-state index in [1.807, 2.05) is 6.92 Å². The van der Waals surface area contributed by atoms with E-state index >= 15 is 0 Å². The molecular weight excluding hydrogens is 234 g/mol. The molecule has 0 aromatic rings. The molecule has 0 aromatic carbocycles. The summed E-state index contributed by atoms with van der Waals surface area (Å²) in [6.07, 6.45) is 6.72. The van der Waals surface area contributed by atoms with Crippen molar-refractivity contribution < 1.29 is 19.1 Å². The highest BCUT2D eigenvalue weighted by Gasteiger charge is 2.44. The number of carbonyl (C=O) groups is 2. The summed E-state index contributed by atoms with van der Waals surface area (Å²) in [6.45, 7) is 2.50. The molecule has 0 bridgehead atoms. The fourth-order valence-corrected chi connectivity index (χ4v) is 2.74. The van der Waals surface area contributed by atoms with E-state index in [-0.39, 0.29) is 18.1 Å². The normalized spacial score (nSPS) is 32.0. The summed E-state index contributed by atoms with van der Waals surface area (Å²) < 4.78 is 10.2. The molecule has 0 N–H and O–H groups in total. The van der Waals surface area contributed by atoms with Gasteiger partial charge in [0.15, 0.2) is 0 Å². The van der Waals surface area contributed by atoms with Crippen LogP contribution in [-0.2, 0) is 14.3 Å². The molecule has 18 heavy (non-hydrogen) atoms. The number of amides is 1. The van der Waals surface area contributed by atoms with E-state index in [1.165, 1.54) is 13.2 Å². The number of hydrogen-bond donors (Lipinski definition) is 0. The highest BCUT2D eigenvalue weighted by Crippen LogP contribution is 2.32. The van der Waals surface area contributed by atoms with Crippen LogP contribution in [0.15, 0.2) is 12.2 Å². The molecule has 100 valence electrons. The number of cyclic esters (lactones) is 1. The van der Waals surface area contributed by atoms with Gasteiger partial charge in [0.1, 0.15) is 5.60 Å². The lowest BCUT2D eigenvalue weighted by Crippen LogP contribution is -2.52. The van der Waals surface area contributed by atoms with Crippen LogP contribution in [0.1, 0.15) is 32.6 Å². The molecule has 2 rings (SSSR count). The van der Waals surface area contributed by atoms with Crippen molar-refractivity contribution in [3.8, 4) is 0 Å². The highest BCUT2D eigenvalue weighted by molar-refractivity contribution is 5.85. The van der Waals surface area contributed by atoms with Gasteiger partial charge in [-0.1, -0.05) is 12.8 Å². The van der Waals surface area contributed by atoms with Crippen LogP contribution in [0.25, 0.3) is 0 Å². The van der Waals surface area contributed by atoms with Crippen molar-refractivity contribution in [2.75, 3.05) is 13.7 Å². The third-order valence-corrected chi connectivity index (χ3v) is 3.69. The molecule has 1 saturated heterocycles. The van der Waals surface area contributed by atoms with Gasteiger partial charge in [-0.2, -0.15) is 0 Å². The average molecular weight is 253 g/mol. The Balaban J connectivity index is 2.23. The van der Waals surface area contributed by atoms with Crippen molar-refractivity contribution in [2.45, 2.75) is 44.2 Å². The Kier molecular flexibility index (Phi) is 3.59. The first-order chi connectivity index (χ1) is 8.57. The zero-order chi connectivity index (χ0) is 13.2. The molecule has 1 amide bonds. The average Bonchev–Trinajstić information content (AvgIpc) is 2.59. The molecular formula is C13H19NO4. The van der Waals surface area contributed by atoms with Gasteiger partial charge in [0, 0.05) is 12.6 Å². The van der Waals surface area contributed by atoms with Gasteiger partial charge in [-0.25, -0.2) is 9.59 Å².